The monoisotopic (exact) mass is 268 g/mol. The van der Waals surface area contributed by atoms with Crippen LogP contribution in [0.3, 0.4) is 0 Å². The second kappa shape index (κ2) is 9.94. The van der Waals surface area contributed by atoms with Gasteiger partial charge in [-0.05, 0) is 31.5 Å². The number of carbonyl (C=O) groups is 2. The minimum Gasteiger partial charge on any atom is -0.504 e. The van der Waals surface area contributed by atoms with E-state index < -0.39 is 0 Å². The molecular formula is C14H20O5. The molecule has 0 saturated carbocycles. The fourth-order valence-electron chi connectivity index (χ4n) is 1.20. The predicted octanol–water partition coefficient (Wildman–Crippen LogP) is 2.56. The molecule has 0 unspecified atom stereocenters. The van der Waals surface area contributed by atoms with Gasteiger partial charge in [-0.15, -0.1) is 0 Å². The van der Waals surface area contributed by atoms with E-state index >= 15 is 0 Å². The molecule has 106 valence electrons. The van der Waals surface area contributed by atoms with Crippen molar-refractivity contribution in [1.82, 2.24) is 0 Å². The molecule has 0 aromatic heterocycles. The van der Waals surface area contributed by atoms with E-state index in [0.717, 1.165) is 6.42 Å². The lowest BCUT2D eigenvalue weighted by atomic mass is 10.2. The number of aromatic hydroxyl groups is 1. The van der Waals surface area contributed by atoms with Crippen LogP contribution in [0.1, 0.15) is 37.0 Å². The van der Waals surface area contributed by atoms with Crippen molar-refractivity contribution in [3.05, 3.63) is 23.8 Å². The first-order valence-corrected chi connectivity index (χ1v) is 6.06. The number of phenols is 1. The van der Waals surface area contributed by atoms with E-state index in [0.29, 0.717) is 30.6 Å². The molecule has 0 aliphatic heterocycles. The molecule has 0 amide bonds. The van der Waals surface area contributed by atoms with Crippen LogP contribution in [-0.2, 0) is 9.53 Å². The molecule has 0 aliphatic carbocycles. The third-order valence-corrected chi connectivity index (χ3v) is 2.10. The molecule has 1 aromatic rings. The van der Waals surface area contributed by atoms with Gasteiger partial charge in [-0.3, -0.25) is 9.59 Å². The predicted molar refractivity (Wildman–Crippen MR) is 71.6 cm³/mol. The lowest BCUT2D eigenvalue weighted by Gasteiger charge is -2.01. The summed E-state index contributed by atoms with van der Waals surface area (Å²) < 4.78 is 9.42. The summed E-state index contributed by atoms with van der Waals surface area (Å²) in [5.41, 5.74) is 0.486. The van der Waals surface area contributed by atoms with Crippen molar-refractivity contribution in [3.63, 3.8) is 0 Å². The van der Waals surface area contributed by atoms with Gasteiger partial charge < -0.3 is 14.6 Å². The van der Waals surface area contributed by atoms with Gasteiger partial charge in [-0.2, -0.15) is 0 Å². The number of aldehydes is 1. The van der Waals surface area contributed by atoms with E-state index in [-0.39, 0.29) is 11.7 Å². The fourth-order valence-corrected chi connectivity index (χ4v) is 1.20. The van der Waals surface area contributed by atoms with Crippen molar-refractivity contribution in [2.45, 2.75) is 26.7 Å². The largest absolute Gasteiger partial charge is 0.504 e. The maximum atomic E-state index is 10.4. The molecule has 0 atom stereocenters. The Balaban J connectivity index is 0.000000362. The first-order chi connectivity index (χ1) is 9.08. The molecule has 0 spiro atoms. The molecule has 1 rings (SSSR count). The van der Waals surface area contributed by atoms with Crippen LogP contribution >= 0.6 is 0 Å². The molecule has 19 heavy (non-hydrogen) atoms. The van der Waals surface area contributed by atoms with E-state index in [9.17, 15) is 9.59 Å². The summed E-state index contributed by atoms with van der Waals surface area (Å²) in [6.45, 7) is 4.27. The van der Waals surface area contributed by atoms with E-state index in [1.807, 2.05) is 13.8 Å². The van der Waals surface area contributed by atoms with Crippen molar-refractivity contribution in [3.8, 4) is 11.5 Å². The smallest absolute Gasteiger partial charge is 0.305 e. The molecule has 0 heterocycles. The topological polar surface area (TPSA) is 72.8 Å². The minimum atomic E-state index is -0.0880. The van der Waals surface area contributed by atoms with E-state index in [4.69, 9.17) is 9.84 Å². The zero-order valence-corrected chi connectivity index (χ0v) is 11.5. The fraction of sp³-hybridized carbons (Fsp3) is 0.429. The second-order valence-electron chi connectivity index (χ2n) is 3.60. The quantitative estimate of drug-likeness (QED) is 0.656. The minimum absolute atomic E-state index is 0.0399. The molecule has 0 saturated heterocycles. The summed E-state index contributed by atoms with van der Waals surface area (Å²) in [5, 5.41) is 9.09. The molecular weight excluding hydrogens is 248 g/mol. The summed E-state index contributed by atoms with van der Waals surface area (Å²) in [4.78, 5) is 20.7. The summed E-state index contributed by atoms with van der Waals surface area (Å²) in [6.07, 6.45) is 2.12. The highest BCUT2D eigenvalue weighted by atomic mass is 16.5. The maximum Gasteiger partial charge on any atom is 0.305 e. The Bertz CT molecular complexity index is 393. The van der Waals surface area contributed by atoms with Crippen molar-refractivity contribution >= 4 is 12.3 Å². The molecule has 0 fully saturated rings. The summed E-state index contributed by atoms with van der Waals surface area (Å²) in [7, 11) is 1.43. The van der Waals surface area contributed by atoms with Gasteiger partial charge in [0.1, 0.15) is 6.29 Å². The highest BCUT2D eigenvalue weighted by Crippen LogP contribution is 2.25. The van der Waals surface area contributed by atoms with Crippen molar-refractivity contribution in [2.24, 2.45) is 0 Å². The number of esters is 1. The lowest BCUT2D eigenvalue weighted by molar-refractivity contribution is -0.143. The molecule has 0 bridgehead atoms. The van der Waals surface area contributed by atoms with Crippen LogP contribution in [0.2, 0.25) is 0 Å². The van der Waals surface area contributed by atoms with E-state index in [1.165, 1.54) is 25.3 Å². The van der Waals surface area contributed by atoms with Crippen molar-refractivity contribution in [1.29, 1.82) is 0 Å². The highest BCUT2D eigenvalue weighted by Gasteiger charge is 2.00. The van der Waals surface area contributed by atoms with Crippen LogP contribution in [0.5, 0.6) is 11.5 Å². The number of benzene rings is 1. The molecule has 0 radical (unpaired) electrons. The number of methoxy groups -OCH3 is 1. The van der Waals surface area contributed by atoms with E-state index in [1.54, 1.807) is 0 Å². The SMILES string of the molecule is CCCC(=O)OCC.COc1cc(C=O)ccc1O. The average molecular weight is 268 g/mol. The molecule has 5 heteroatoms. The zero-order valence-electron chi connectivity index (χ0n) is 11.5. The number of phenolic OH excluding ortho intramolecular Hbond substituents is 1. The van der Waals surface area contributed by atoms with Crippen LogP contribution in [0.25, 0.3) is 0 Å². The van der Waals surface area contributed by atoms with Crippen LogP contribution in [0.15, 0.2) is 18.2 Å². The van der Waals surface area contributed by atoms with Crippen LogP contribution in [0, 0.1) is 0 Å². The standard InChI is InChI=1S/C8H8O3.C6H12O2/c1-11-8-4-6(5-9)2-3-7(8)10;1-3-5-6(7)8-4-2/h2-5,10H,1H3;3-5H2,1-2H3. The number of carbonyl (C=O) groups excluding carboxylic acids is 2. The number of hydrogen-bond acceptors (Lipinski definition) is 5. The Labute approximate surface area is 113 Å². The molecule has 1 N–H and O–H groups in total. The Kier molecular flexibility index (Phi) is 8.87. The number of ether oxygens (including phenoxy) is 2. The van der Waals surface area contributed by atoms with Gasteiger partial charge >= 0.3 is 5.97 Å². The first-order valence-electron chi connectivity index (χ1n) is 6.06. The third-order valence-electron chi connectivity index (χ3n) is 2.10. The molecule has 1 aromatic carbocycles. The Hall–Kier alpha value is -2.04. The summed E-state index contributed by atoms with van der Waals surface area (Å²) in [6, 6.07) is 4.41. The Morgan fingerprint density at radius 1 is 1.37 bits per heavy atom. The van der Waals surface area contributed by atoms with Crippen LogP contribution in [-0.4, -0.2) is 31.1 Å². The van der Waals surface area contributed by atoms with E-state index in [2.05, 4.69) is 4.74 Å². The van der Waals surface area contributed by atoms with Crippen molar-refractivity contribution < 1.29 is 24.2 Å². The Morgan fingerprint density at radius 2 is 2.05 bits per heavy atom. The molecule has 5 nitrogen and oxygen atoms in total. The van der Waals surface area contributed by atoms with Gasteiger partial charge in [-0.1, -0.05) is 6.92 Å². The van der Waals surface area contributed by atoms with Gasteiger partial charge in [0.05, 0.1) is 13.7 Å². The molecule has 0 aliphatic rings. The van der Waals surface area contributed by atoms with Gasteiger partial charge in [0.25, 0.3) is 0 Å². The summed E-state index contributed by atoms with van der Waals surface area (Å²) in [5.74, 6) is 0.266. The van der Waals surface area contributed by atoms with Crippen LogP contribution in [0.4, 0.5) is 0 Å². The normalized spacial score (nSPS) is 9.00. The Morgan fingerprint density at radius 3 is 2.53 bits per heavy atom. The lowest BCUT2D eigenvalue weighted by Crippen LogP contribution is -2.01. The van der Waals surface area contributed by atoms with Gasteiger partial charge in [0, 0.05) is 12.0 Å². The highest BCUT2D eigenvalue weighted by molar-refractivity contribution is 5.76. The summed E-state index contributed by atoms with van der Waals surface area (Å²) >= 11 is 0. The number of rotatable bonds is 5. The van der Waals surface area contributed by atoms with Gasteiger partial charge in [0.15, 0.2) is 11.5 Å². The second-order valence-corrected chi connectivity index (χ2v) is 3.60. The van der Waals surface area contributed by atoms with Crippen LogP contribution < -0.4 is 4.74 Å². The average Bonchev–Trinajstić information content (AvgIpc) is 2.41. The first kappa shape index (κ1) is 17.0. The van der Waals surface area contributed by atoms with Gasteiger partial charge in [0.2, 0.25) is 0 Å². The third kappa shape index (κ3) is 7.08. The zero-order chi connectivity index (χ0) is 14.7. The van der Waals surface area contributed by atoms with Crippen molar-refractivity contribution in [2.75, 3.05) is 13.7 Å². The number of hydrogen-bond donors (Lipinski definition) is 1. The van der Waals surface area contributed by atoms with Gasteiger partial charge in [-0.25, -0.2) is 0 Å². The maximum absolute atomic E-state index is 10.4.